The van der Waals surface area contributed by atoms with Gasteiger partial charge in [-0.05, 0) is 0 Å². The number of amides is 2. The standard InChI is InChI=1S/C13H22N4O3/c1-13(2,3)11-15-10(16-20-11)4-5-14-12(18)17-6-8-19-9-7-17/h4-9H2,1-3H3,(H,14,18). The van der Waals surface area contributed by atoms with Gasteiger partial charge in [-0.15, -0.1) is 0 Å². The average Bonchev–Trinajstić information content (AvgIpc) is 2.88. The number of carbonyl (C=O) groups is 1. The van der Waals surface area contributed by atoms with Gasteiger partial charge in [-0.1, -0.05) is 25.9 Å². The number of carbonyl (C=O) groups excluding carboxylic acids is 1. The molecule has 2 heterocycles. The topological polar surface area (TPSA) is 80.5 Å². The molecule has 7 heteroatoms. The van der Waals surface area contributed by atoms with Gasteiger partial charge in [-0.25, -0.2) is 4.79 Å². The highest BCUT2D eigenvalue weighted by Crippen LogP contribution is 2.19. The monoisotopic (exact) mass is 282 g/mol. The predicted molar refractivity (Wildman–Crippen MR) is 72.5 cm³/mol. The maximum atomic E-state index is 11.8. The molecule has 7 nitrogen and oxygen atoms in total. The fourth-order valence-electron chi connectivity index (χ4n) is 1.82. The van der Waals surface area contributed by atoms with Crippen molar-refractivity contribution in [2.75, 3.05) is 32.8 Å². The number of nitrogens with one attached hydrogen (secondary N) is 1. The first-order valence-electron chi connectivity index (χ1n) is 6.90. The highest BCUT2D eigenvalue weighted by Gasteiger charge is 2.22. The molecule has 20 heavy (non-hydrogen) atoms. The summed E-state index contributed by atoms with van der Waals surface area (Å²) < 4.78 is 10.4. The predicted octanol–water partition coefficient (Wildman–Crippen LogP) is 0.951. The van der Waals surface area contributed by atoms with E-state index >= 15 is 0 Å². The lowest BCUT2D eigenvalue weighted by atomic mass is 9.97. The van der Waals surface area contributed by atoms with E-state index in [9.17, 15) is 4.79 Å². The van der Waals surface area contributed by atoms with Gasteiger partial charge < -0.3 is 19.5 Å². The molecule has 1 N–H and O–H groups in total. The van der Waals surface area contributed by atoms with Crippen molar-refractivity contribution in [2.24, 2.45) is 0 Å². The molecule has 2 amide bonds. The first-order chi connectivity index (χ1) is 9.47. The summed E-state index contributed by atoms with van der Waals surface area (Å²) in [6.45, 7) is 9.05. The smallest absolute Gasteiger partial charge is 0.317 e. The van der Waals surface area contributed by atoms with Crippen molar-refractivity contribution in [3.8, 4) is 0 Å². The second-order valence-corrected chi connectivity index (χ2v) is 5.85. The summed E-state index contributed by atoms with van der Waals surface area (Å²) in [4.78, 5) is 17.9. The van der Waals surface area contributed by atoms with Crippen molar-refractivity contribution in [3.63, 3.8) is 0 Å². The molecule has 1 aromatic heterocycles. The maximum Gasteiger partial charge on any atom is 0.317 e. The summed E-state index contributed by atoms with van der Waals surface area (Å²) in [5.41, 5.74) is -0.150. The average molecular weight is 282 g/mol. The Morgan fingerprint density at radius 2 is 2.05 bits per heavy atom. The van der Waals surface area contributed by atoms with E-state index in [1.165, 1.54) is 0 Å². The van der Waals surface area contributed by atoms with Crippen molar-refractivity contribution < 1.29 is 14.1 Å². The van der Waals surface area contributed by atoms with Crippen molar-refractivity contribution in [3.05, 3.63) is 11.7 Å². The molecule has 1 aliphatic rings. The van der Waals surface area contributed by atoms with Gasteiger partial charge in [0.1, 0.15) is 0 Å². The Morgan fingerprint density at radius 3 is 2.65 bits per heavy atom. The highest BCUT2D eigenvalue weighted by molar-refractivity contribution is 5.74. The molecule has 1 fully saturated rings. The second-order valence-electron chi connectivity index (χ2n) is 5.85. The Bertz CT molecular complexity index is 447. The van der Waals surface area contributed by atoms with Crippen LogP contribution in [0.25, 0.3) is 0 Å². The van der Waals surface area contributed by atoms with Crippen molar-refractivity contribution >= 4 is 6.03 Å². The maximum absolute atomic E-state index is 11.8. The van der Waals surface area contributed by atoms with Crippen LogP contribution in [-0.4, -0.2) is 53.9 Å². The Hall–Kier alpha value is -1.63. The third-order valence-electron chi connectivity index (χ3n) is 3.03. The summed E-state index contributed by atoms with van der Waals surface area (Å²) in [5, 5.41) is 6.78. The fraction of sp³-hybridized carbons (Fsp3) is 0.769. The number of aromatic nitrogens is 2. The largest absolute Gasteiger partial charge is 0.378 e. The molecule has 1 aromatic rings. The van der Waals surface area contributed by atoms with Gasteiger partial charge in [0.05, 0.1) is 13.2 Å². The molecular weight excluding hydrogens is 260 g/mol. The number of morpholine rings is 1. The second kappa shape index (κ2) is 6.21. The zero-order valence-corrected chi connectivity index (χ0v) is 12.3. The number of hydrogen-bond acceptors (Lipinski definition) is 5. The molecule has 0 aromatic carbocycles. The minimum atomic E-state index is -0.150. The van der Waals surface area contributed by atoms with Gasteiger partial charge in [0, 0.05) is 31.5 Å². The van der Waals surface area contributed by atoms with Crippen LogP contribution in [-0.2, 0) is 16.6 Å². The lowest BCUT2D eigenvalue weighted by Crippen LogP contribution is -2.46. The van der Waals surface area contributed by atoms with E-state index < -0.39 is 0 Å². The van der Waals surface area contributed by atoms with E-state index in [2.05, 4.69) is 15.5 Å². The Kier molecular flexibility index (Phi) is 4.59. The van der Waals surface area contributed by atoms with Crippen LogP contribution >= 0.6 is 0 Å². The van der Waals surface area contributed by atoms with E-state index in [-0.39, 0.29) is 11.4 Å². The molecule has 0 saturated carbocycles. The Labute approximate surface area is 118 Å². The van der Waals surface area contributed by atoms with E-state index in [4.69, 9.17) is 9.26 Å². The molecule has 0 aliphatic carbocycles. The van der Waals surface area contributed by atoms with Crippen LogP contribution in [0.2, 0.25) is 0 Å². The molecular formula is C13H22N4O3. The minimum absolute atomic E-state index is 0.0622. The first kappa shape index (κ1) is 14.8. The van der Waals surface area contributed by atoms with Crippen molar-refractivity contribution in [2.45, 2.75) is 32.6 Å². The van der Waals surface area contributed by atoms with Crippen LogP contribution in [0, 0.1) is 0 Å². The highest BCUT2D eigenvalue weighted by atomic mass is 16.5. The summed E-state index contributed by atoms with van der Waals surface area (Å²) >= 11 is 0. The molecule has 2 rings (SSSR count). The van der Waals surface area contributed by atoms with Crippen LogP contribution in [0.15, 0.2) is 4.52 Å². The molecule has 0 unspecified atom stereocenters. The summed E-state index contributed by atoms with van der Waals surface area (Å²) in [6, 6.07) is -0.0622. The zero-order valence-electron chi connectivity index (χ0n) is 12.3. The molecule has 0 bridgehead atoms. The zero-order chi connectivity index (χ0) is 14.6. The van der Waals surface area contributed by atoms with E-state index in [0.717, 1.165) is 0 Å². The van der Waals surface area contributed by atoms with E-state index in [1.807, 2.05) is 20.8 Å². The van der Waals surface area contributed by atoms with Gasteiger partial charge in [0.25, 0.3) is 0 Å². The number of ether oxygens (including phenoxy) is 1. The Morgan fingerprint density at radius 1 is 1.35 bits per heavy atom. The summed E-state index contributed by atoms with van der Waals surface area (Å²) in [6.07, 6.45) is 0.565. The molecule has 112 valence electrons. The van der Waals surface area contributed by atoms with Gasteiger partial charge in [0.15, 0.2) is 5.82 Å². The summed E-state index contributed by atoms with van der Waals surface area (Å²) in [7, 11) is 0. The van der Waals surface area contributed by atoms with Gasteiger partial charge in [0.2, 0.25) is 5.89 Å². The van der Waals surface area contributed by atoms with Crippen LogP contribution in [0.5, 0.6) is 0 Å². The van der Waals surface area contributed by atoms with Gasteiger partial charge in [-0.2, -0.15) is 4.98 Å². The molecule has 0 radical (unpaired) electrons. The van der Waals surface area contributed by atoms with Crippen molar-refractivity contribution in [1.29, 1.82) is 0 Å². The first-order valence-corrected chi connectivity index (χ1v) is 6.90. The number of rotatable bonds is 3. The molecule has 0 spiro atoms. The van der Waals surface area contributed by atoms with Gasteiger partial charge >= 0.3 is 6.03 Å². The molecule has 1 aliphatic heterocycles. The fourth-order valence-corrected chi connectivity index (χ4v) is 1.82. The SMILES string of the molecule is CC(C)(C)c1nc(CCNC(=O)N2CCOCC2)no1. The minimum Gasteiger partial charge on any atom is -0.378 e. The third kappa shape index (κ3) is 3.93. The van der Waals surface area contributed by atoms with Crippen LogP contribution in [0.4, 0.5) is 4.79 Å². The van der Waals surface area contributed by atoms with E-state index in [0.29, 0.717) is 51.0 Å². The van der Waals surface area contributed by atoms with E-state index in [1.54, 1.807) is 4.90 Å². The number of urea groups is 1. The quantitative estimate of drug-likeness (QED) is 0.892. The number of hydrogen-bond donors (Lipinski definition) is 1. The molecule has 0 atom stereocenters. The number of nitrogens with zero attached hydrogens (tertiary/aromatic N) is 3. The van der Waals surface area contributed by atoms with Gasteiger partial charge in [-0.3, -0.25) is 0 Å². The lowest BCUT2D eigenvalue weighted by molar-refractivity contribution is 0.0532. The van der Waals surface area contributed by atoms with Crippen LogP contribution < -0.4 is 5.32 Å². The normalized spacial score (nSPS) is 16.2. The van der Waals surface area contributed by atoms with Crippen LogP contribution in [0.1, 0.15) is 32.5 Å². The molecule has 1 saturated heterocycles. The summed E-state index contributed by atoms with van der Waals surface area (Å²) in [5.74, 6) is 1.24. The third-order valence-corrected chi connectivity index (χ3v) is 3.03. The Balaban J connectivity index is 1.75. The van der Waals surface area contributed by atoms with Crippen LogP contribution in [0.3, 0.4) is 0 Å². The van der Waals surface area contributed by atoms with Crippen molar-refractivity contribution in [1.82, 2.24) is 20.4 Å². The lowest BCUT2D eigenvalue weighted by Gasteiger charge is -2.26.